The van der Waals surface area contributed by atoms with E-state index in [-0.39, 0.29) is 6.42 Å². The summed E-state index contributed by atoms with van der Waals surface area (Å²) in [6.07, 6.45) is 5.11. The van der Waals surface area contributed by atoms with Gasteiger partial charge in [-0.3, -0.25) is 4.79 Å². The zero-order valence-corrected chi connectivity index (χ0v) is 8.17. The van der Waals surface area contributed by atoms with Crippen LogP contribution in [0.15, 0.2) is 22.7 Å². The molecular weight excluding hydrogens is 224 g/mol. The van der Waals surface area contributed by atoms with Crippen molar-refractivity contribution in [2.24, 2.45) is 0 Å². The van der Waals surface area contributed by atoms with Gasteiger partial charge in [-0.25, -0.2) is 0 Å². The van der Waals surface area contributed by atoms with E-state index >= 15 is 0 Å². The molecule has 12 heavy (non-hydrogen) atoms. The predicted molar refractivity (Wildman–Crippen MR) is 47.5 cm³/mol. The fourth-order valence-electron chi connectivity index (χ4n) is 0.914. The van der Waals surface area contributed by atoms with Gasteiger partial charge < -0.3 is 9.84 Å². The molecule has 1 rings (SSSR count). The summed E-state index contributed by atoms with van der Waals surface area (Å²) >= 11 is 3.23. The molecule has 3 nitrogen and oxygen atoms in total. The number of hydrogen-bond donors (Lipinski definition) is 1. The predicted octanol–water partition coefficient (Wildman–Crippen LogP) is 1.48. The van der Waals surface area contributed by atoms with Crippen molar-refractivity contribution in [2.75, 3.05) is 0 Å². The number of halogens is 1. The molecule has 0 saturated carbocycles. The van der Waals surface area contributed by atoms with E-state index in [9.17, 15) is 9.90 Å². The SMILES string of the molecule is CC(=O)O[C@]1(O)C=CC(Br)=CC1. The third-order valence-corrected chi connectivity index (χ3v) is 2.00. The molecule has 0 radical (unpaired) electrons. The van der Waals surface area contributed by atoms with Gasteiger partial charge in [0.15, 0.2) is 0 Å². The van der Waals surface area contributed by atoms with E-state index in [2.05, 4.69) is 15.9 Å². The molecule has 0 aromatic heterocycles. The number of esters is 1. The van der Waals surface area contributed by atoms with Gasteiger partial charge in [-0.1, -0.05) is 22.0 Å². The second kappa shape index (κ2) is 3.41. The summed E-state index contributed by atoms with van der Waals surface area (Å²) in [6, 6.07) is 0. The number of ether oxygens (including phenoxy) is 1. The fraction of sp³-hybridized carbons (Fsp3) is 0.375. The lowest BCUT2D eigenvalue weighted by atomic mass is 10.1. The summed E-state index contributed by atoms with van der Waals surface area (Å²) in [5.74, 6) is -1.95. The minimum Gasteiger partial charge on any atom is -0.429 e. The first-order valence-electron chi connectivity index (χ1n) is 3.49. The monoisotopic (exact) mass is 232 g/mol. The lowest BCUT2D eigenvalue weighted by Gasteiger charge is -2.24. The fourth-order valence-corrected chi connectivity index (χ4v) is 1.21. The molecular formula is C8H9BrO3. The maximum atomic E-state index is 10.6. The van der Waals surface area contributed by atoms with Crippen LogP contribution < -0.4 is 0 Å². The van der Waals surface area contributed by atoms with Gasteiger partial charge in [0.2, 0.25) is 5.79 Å². The van der Waals surface area contributed by atoms with Crippen molar-refractivity contribution in [3.05, 3.63) is 22.7 Å². The Balaban J connectivity index is 2.65. The number of allylic oxidation sites excluding steroid dienone is 2. The Kier molecular flexibility index (Phi) is 2.69. The van der Waals surface area contributed by atoms with Gasteiger partial charge in [0, 0.05) is 17.8 Å². The van der Waals surface area contributed by atoms with Gasteiger partial charge >= 0.3 is 5.97 Å². The van der Waals surface area contributed by atoms with Gasteiger partial charge in [0.05, 0.1) is 0 Å². The molecule has 0 bridgehead atoms. The summed E-state index contributed by atoms with van der Waals surface area (Å²) in [7, 11) is 0. The quantitative estimate of drug-likeness (QED) is 0.551. The van der Waals surface area contributed by atoms with E-state index in [1.54, 1.807) is 12.2 Å². The Hall–Kier alpha value is -0.610. The summed E-state index contributed by atoms with van der Waals surface area (Å²) in [5, 5.41) is 9.56. The molecule has 0 saturated heterocycles. The Morgan fingerprint density at radius 3 is 2.92 bits per heavy atom. The molecule has 0 spiro atoms. The molecule has 1 aliphatic carbocycles. The number of aliphatic hydroxyl groups is 1. The van der Waals surface area contributed by atoms with Gasteiger partial charge in [-0.05, 0) is 12.2 Å². The number of rotatable bonds is 1. The molecule has 0 fully saturated rings. The zero-order valence-electron chi connectivity index (χ0n) is 6.58. The van der Waals surface area contributed by atoms with Crippen molar-refractivity contribution in [1.82, 2.24) is 0 Å². The molecule has 0 unspecified atom stereocenters. The van der Waals surface area contributed by atoms with Crippen LogP contribution in [0.5, 0.6) is 0 Å². The van der Waals surface area contributed by atoms with Crippen molar-refractivity contribution >= 4 is 21.9 Å². The Morgan fingerprint density at radius 1 is 1.83 bits per heavy atom. The van der Waals surface area contributed by atoms with Crippen LogP contribution in [0.25, 0.3) is 0 Å². The van der Waals surface area contributed by atoms with E-state index in [1.165, 1.54) is 13.0 Å². The van der Waals surface area contributed by atoms with Crippen LogP contribution in [0.4, 0.5) is 0 Å². The molecule has 4 heteroatoms. The third kappa shape index (κ3) is 2.46. The zero-order chi connectivity index (χ0) is 9.19. The Morgan fingerprint density at radius 2 is 2.50 bits per heavy atom. The molecule has 0 amide bonds. The van der Waals surface area contributed by atoms with Crippen LogP contribution in [0.1, 0.15) is 13.3 Å². The highest BCUT2D eigenvalue weighted by Gasteiger charge is 2.27. The van der Waals surface area contributed by atoms with E-state index in [0.717, 1.165) is 4.48 Å². The summed E-state index contributed by atoms with van der Waals surface area (Å²) < 4.78 is 5.57. The minimum atomic E-state index is -1.46. The van der Waals surface area contributed by atoms with E-state index < -0.39 is 11.8 Å². The van der Waals surface area contributed by atoms with Crippen LogP contribution in [0.3, 0.4) is 0 Å². The largest absolute Gasteiger partial charge is 0.429 e. The normalized spacial score (nSPS) is 28.1. The van der Waals surface area contributed by atoms with Gasteiger partial charge in [-0.15, -0.1) is 0 Å². The van der Waals surface area contributed by atoms with Crippen molar-refractivity contribution in [3.8, 4) is 0 Å². The van der Waals surface area contributed by atoms with Crippen molar-refractivity contribution < 1.29 is 14.6 Å². The Labute approximate surface area is 78.8 Å². The molecule has 1 aliphatic rings. The molecule has 0 aromatic carbocycles. The average Bonchev–Trinajstić information content (AvgIpc) is 1.94. The number of hydrogen-bond acceptors (Lipinski definition) is 3. The minimum absolute atomic E-state index is 0.281. The van der Waals surface area contributed by atoms with Crippen molar-refractivity contribution in [1.29, 1.82) is 0 Å². The van der Waals surface area contributed by atoms with Gasteiger partial charge in [0.1, 0.15) is 0 Å². The van der Waals surface area contributed by atoms with Crippen LogP contribution in [-0.4, -0.2) is 16.9 Å². The molecule has 0 heterocycles. The smallest absolute Gasteiger partial charge is 0.305 e. The second-order valence-electron chi connectivity index (χ2n) is 2.56. The highest BCUT2D eigenvalue weighted by Crippen LogP contribution is 2.24. The molecule has 0 aliphatic heterocycles. The molecule has 66 valence electrons. The van der Waals surface area contributed by atoms with Crippen LogP contribution in [0.2, 0.25) is 0 Å². The first kappa shape index (κ1) is 9.48. The number of carbonyl (C=O) groups excluding carboxylic acids is 1. The Bertz CT molecular complexity index is 257. The number of carbonyl (C=O) groups is 1. The van der Waals surface area contributed by atoms with E-state index in [1.807, 2.05) is 0 Å². The standard InChI is InChI=1S/C8H9BrO3/c1-6(10)12-8(11)4-2-7(9)3-5-8/h2-4,11H,5H2,1H3/t8-/m1/s1. The lowest BCUT2D eigenvalue weighted by Crippen LogP contribution is -2.32. The van der Waals surface area contributed by atoms with Crippen molar-refractivity contribution in [3.63, 3.8) is 0 Å². The van der Waals surface area contributed by atoms with E-state index in [4.69, 9.17) is 4.74 Å². The van der Waals surface area contributed by atoms with Crippen LogP contribution in [0, 0.1) is 0 Å². The van der Waals surface area contributed by atoms with Gasteiger partial charge in [0.25, 0.3) is 0 Å². The van der Waals surface area contributed by atoms with Crippen LogP contribution in [-0.2, 0) is 9.53 Å². The second-order valence-corrected chi connectivity index (χ2v) is 3.48. The summed E-state index contributed by atoms with van der Waals surface area (Å²) in [6.45, 7) is 1.26. The van der Waals surface area contributed by atoms with Crippen LogP contribution >= 0.6 is 15.9 Å². The molecule has 1 atom stereocenters. The highest BCUT2D eigenvalue weighted by atomic mass is 79.9. The third-order valence-electron chi connectivity index (χ3n) is 1.41. The van der Waals surface area contributed by atoms with E-state index in [0.29, 0.717) is 0 Å². The van der Waals surface area contributed by atoms with Crippen molar-refractivity contribution in [2.45, 2.75) is 19.1 Å². The lowest BCUT2D eigenvalue weighted by molar-refractivity contribution is -0.187. The summed E-state index contributed by atoms with van der Waals surface area (Å²) in [4.78, 5) is 10.6. The molecule has 1 N–H and O–H groups in total. The first-order valence-corrected chi connectivity index (χ1v) is 4.28. The highest BCUT2D eigenvalue weighted by molar-refractivity contribution is 9.11. The topological polar surface area (TPSA) is 46.5 Å². The first-order chi connectivity index (χ1) is 5.52. The average molecular weight is 233 g/mol. The maximum absolute atomic E-state index is 10.6. The summed E-state index contributed by atoms with van der Waals surface area (Å²) in [5.41, 5.74) is 0. The molecule has 0 aromatic rings. The van der Waals surface area contributed by atoms with Gasteiger partial charge in [-0.2, -0.15) is 0 Å². The maximum Gasteiger partial charge on any atom is 0.305 e.